The van der Waals surface area contributed by atoms with Gasteiger partial charge in [-0.15, -0.1) is 203 Å². The van der Waals surface area contributed by atoms with Crippen molar-refractivity contribution in [2.24, 2.45) is 0 Å². The summed E-state index contributed by atoms with van der Waals surface area (Å²) in [5.41, 5.74) is 21.4. The molecule has 0 saturated carbocycles. The van der Waals surface area contributed by atoms with Gasteiger partial charge < -0.3 is 27.4 Å². The van der Waals surface area contributed by atoms with E-state index in [1.807, 2.05) is 252 Å². The monoisotopic (exact) mass is 3010 g/mol. The van der Waals surface area contributed by atoms with E-state index in [0.29, 0.717) is 57.0 Å². The van der Waals surface area contributed by atoms with Gasteiger partial charge in [0.05, 0.1) is 61.2 Å². The summed E-state index contributed by atoms with van der Waals surface area (Å²) < 4.78 is 12.1. The minimum atomic E-state index is 0. The number of hydrogen-bond acceptors (Lipinski definition) is 13. The summed E-state index contributed by atoms with van der Waals surface area (Å²) >= 11 is 0. The molecule has 14 aromatic carbocycles. The van der Waals surface area contributed by atoms with Gasteiger partial charge in [-0.2, -0.15) is 41.5 Å². The number of aromatic nitrogens is 18. The van der Waals surface area contributed by atoms with Crippen LogP contribution < -0.4 is 0 Å². The third kappa shape index (κ3) is 27.3. The zero-order chi connectivity index (χ0) is 99.9. The van der Waals surface area contributed by atoms with E-state index in [2.05, 4.69) is 248 Å². The summed E-state index contributed by atoms with van der Waals surface area (Å²) in [5.74, 6) is 10.1. The molecule has 0 aliphatic carbocycles. The van der Waals surface area contributed by atoms with Crippen LogP contribution in [0.25, 0.3) is 149 Å². The Labute approximate surface area is 944 Å². The molecule has 0 fully saturated rings. The van der Waals surface area contributed by atoms with Crippen molar-refractivity contribution in [2.45, 2.75) is 121 Å². The number of hydrogen-bond donors (Lipinski definition) is 0. The van der Waals surface area contributed by atoms with E-state index in [0.717, 1.165) is 171 Å². The Morgan fingerprint density at radius 2 is 0.770 bits per heavy atom. The first-order chi connectivity index (χ1) is 69.1. The molecule has 0 amide bonds. The molecule has 0 aliphatic rings. The van der Waals surface area contributed by atoms with Gasteiger partial charge in [-0.05, 0) is 147 Å². The number of fused-ring (bicyclic) bond motifs is 1. The Balaban J connectivity index is 0.000000196. The summed E-state index contributed by atoms with van der Waals surface area (Å²) in [6.07, 6.45) is 1.82. The molecule has 0 bridgehead atoms. The molecular weight excluding hydrogens is 2910 g/mol. The molecule has 30 heteroatoms. The predicted molar refractivity (Wildman–Crippen MR) is 557 cm³/mol. The summed E-state index contributed by atoms with van der Waals surface area (Å²) in [4.78, 5) is 17.7. The first-order valence-corrected chi connectivity index (χ1v) is 46.0. The maximum absolute atomic E-state index is 8.83. The summed E-state index contributed by atoms with van der Waals surface area (Å²) in [6, 6.07) is 119. The van der Waals surface area contributed by atoms with Crippen molar-refractivity contribution in [1.82, 2.24) is 88.6 Å². The first-order valence-electron chi connectivity index (χ1n) is 46.0. The topological polar surface area (TPSA) is 230 Å². The molecule has 0 N–H and O–H groups in total. The van der Waals surface area contributed by atoms with Crippen LogP contribution >= 0.6 is 0 Å². The van der Waals surface area contributed by atoms with Crippen LogP contribution in [-0.2, 0) is 127 Å². The van der Waals surface area contributed by atoms with Crippen molar-refractivity contribution >= 4 is 39.2 Å². The van der Waals surface area contributed by atoms with Crippen LogP contribution in [0.4, 0.5) is 28.4 Å². The van der Waals surface area contributed by atoms with Gasteiger partial charge in [0.1, 0.15) is 47.2 Å². The Bertz CT molecular complexity index is 8080. The van der Waals surface area contributed by atoms with E-state index >= 15 is 0 Å². The van der Waals surface area contributed by atoms with Crippen molar-refractivity contribution in [3.63, 3.8) is 0 Å². The Morgan fingerprint density at radius 1 is 0.311 bits per heavy atom. The van der Waals surface area contributed by atoms with Gasteiger partial charge in [-0.25, -0.2) is 19.8 Å². The second-order valence-corrected chi connectivity index (χ2v) is 33.9. The summed E-state index contributed by atoms with van der Waals surface area (Å²) in [6.45, 7) is 63.2. The maximum Gasteiger partial charge on any atom is 0.236 e. The normalized spacial score (nSPS) is 10.2. The largest absolute Gasteiger partial charge is 0.321 e. The SMILES string of the molecule is Cc1nnc(-c2[c-]cc(C#N)cc2)n1-c1ccccc1.[C-]#[N+]c1cc(C(C)C)c(-n2c(C)nnc2-c2[c-]cccc2)c(C(C)C)c1.[C-]#[N+]c1cc[c-]c(-c2nnc(C)n2-c2c(C)cccc2C)c1.[C-]#[N+]c1ccc(-n2c(-c3[c-]cc4ccccc4c3)nnc2C(C)C)cc1.[C-]#[N+]c1ccc[c-]c1-c1nnc(CCC)n1-c1ccccc1.[C-]#[N+]c1cccc(-n2c(C)nnc2-c2[c-]ccc(-c3ccccc3)c2)c1.[Ir].[Ir].[Ir].[Ir].[Ir].[Ir]. The van der Waals surface area contributed by atoms with Gasteiger partial charge in [0.2, 0.25) is 5.69 Å². The van der Waals surface area contributed by atoms with E-state index in [1.54, 1.807) is 48.5 Å². The minimum Gasteiger partial charge on any atom is -0.321 e. The van der Waals surface area contributed by atoms with Crippen LogP contribution in [-0.4, -0.2) is 88.6 Å². The van der Waals surface area contributed by atoms with Crippen molar-refractivity contribution in [1.29, 1.82) is 5.26 Å². The number of aryl methyl sites for hydroxylation is 7. The van der Waals surface area contributed by atoms with Gasteiger partial charge >= 0.3 is 0 Å². The van der Waals surface area contributed by atoms with E-state index in [4.69, 9.17) is 38.1 Å². The van der Waals surface area contributed by atoms with E-state index in [-0.39, 0.29) is 138 Å². The number of nitriles is 1. The zero-order valence-corrected chi connectivity index (χ0v) is 97.1. The molecule has 0 aliphatic heterocycles. The van der Waals surface area contributed by atoms with Gasteiger partial charge in [-0.1, -0.05) is 206 Å². The van der Waals surface area contributed by atoms with Crippen molar-refractivity contribution < 1.29 is 121 Å². The molecule has 0 unspecified atom stereocenters. The molecule has 148 heavy (non-hydrogen) atoms. The van der Waals surface area contributed by atoms with Gasteiger partial charge in [0, 0.05) is 173 Å². The molecule has 6 heterocycles. The van der Waals surface area contributed by atoms with Gasteiger partial charge in [-0.3, -0.25) is 4.85 Å². The van der Waals surface area contributed by atoms with E-state index in [9.17, 15) is 0 Å². The molecule has 20 aromatic rings. The van der Waals surface area contributed by atoms with Crippen molar-refractivity contribution in [3.05, 3.63) is 460 Å². The molecule has 0 spiro atoms. The molecule has 24 nitrogen and oxygen atoms in total. The molecule has 0 atom stereocenters. The van der Waals surface area contributed by atoms with Crippen LogP contribution in [0.5, 0.6) is 0 Å². The Morgan fingerprint density at radius 3 is 1.33 bits per heavy atom. The fraction of sp³-hybridized carbons (Fsp3) is 0.153. The number of para-hydroxylation sites is 3. The fourth-order valence-corrected chi connectivity index (χ4v) is 16.3. The average Bonchev–Trinajstić information content (AvgIpc) is 1.44. The Kier molecular flexibility index (Phi) is 43.7. The van der Waals surface area contributed by atoms with Crippen LogP contribution in [0.2, 0.25) is 0 Å². The first kappa shape index (κ1) is 117. The fourth-order valence-electron chi connectivity index (χ4n) is 16.3. The minimum absolute atomic E-state index is 0. The average molecular weight is 3000 g/mol. The number of nitrogens with zero attached hydrogens (tertiary/aromatic N) is 24. The maximum atomic E-state index is 8.83. The molecule has 6 radical (unpaired) electrons. The quantitative estimate of drug-likeness (QED) is 0.0729. The van der Waals surface area contributed by atoms with Crippen LogP contribution in [0, 0.1) is 122 Å². The summed E-state index contributed by atoms with van der Waals surface area (Å²) in [7, 11) is 0. The number of benzene rings is 14. The second kappa shape index (κ2) is 55.5. The second-order valence-electron chi connectivity index (χ2n) is 33.9. The van der Waals surface area contributed by atoms with Crippen LogP contribution in [0.3, 0.4) is 0 Å². The molecular formula is C118H96Ir6N24-6. The zero-order valence-electron chi connectivity index (χ0n) is 82.7. The number of rotatable bonds is 18. The third-order valence-corrected chi connectivity index (χ3v) is 23.1. The van der Waals surface area contributed by atoms with Gasteiger partial charge in [0.15, 0.2) is 17.1 Å². The molecule has 20 rings (SSSR count). The van der Waals surface area contributed by atoms with Crippen LogP contribution in [0.15, 0.2) is 303 Å². The Hall–Kier alpha value is -15.0. The van der Waals surface area contributed by atoms with Crippen molar-refractivity contribution in [3.8, 4) is 120 Å². The standard InChI is InChI=1S/C22H17N4.C22H15N4.C22H23N4.2C18H15N4.C16H11N4.6Ir/c1-15(2)21-24-25-22(26(21)20-12-10-19(23-3)11-13-20)18-9-8-16-6-4-5-7-17(16)14-18;1-16-24-25-22(26(16)21-13-7-12-20(15-21)23-2)19-11-6-10-18(14-19)17-8-4-3-5-9-17;1-14(2)19-12-18(23-6)13-20(15(3)4)21(19)26-16(5)24-25-22(26)17-10-8-7-9-11-17;1-12-7-5-8-13(2)17(12)22-14(3)20-21-18(22)15-9-6-10-16(11-15)19-4;1-3-9-17-20-21-18(15-12-7-8-13-16(15)19-2)22(17)14-10-5-4-6-11-14;1-12-18-19-16(14-9-7-13(11-17)8-10-14)20(12)15-5-3-2-4-6-15;;;;;;/h4-8,10-15H,1-2H3;3-10,12-15H,1H3;7-10,12-15H,1-5H3;5-8,10-11H,1-3H3;4-8,10-11,13H,3,9H2,1H3;2-9H,1H3;;;;;;/q6*-1;;;;;;. The molecule has 0 saturated heterocycles. The van der Waals surface area contributed by atoms with E-state index in [1.165, 1.54) is 0 Å². The predicted octanol–water partition coefficient (Wildman–Crippen LogP) is 28.0. The van der Waals surface area contributed by atoms with Crippen LogP contribution in [0.1, 0.15) is 135 Å². The smallest absolute Gasteiger partial charge is 0.236 e. The van der Waals surface area contributed by atoms with Gasteiger partial charge in [0.25, 0.3) is 0 Å². The van der Waals surface area contributed by atoms with E-state index < -0.39 is 0 Å². The molecule has 6 aromatic heterocycles. The summed E-state index contributed by atoms with van der Waals surface area (Å²) in [5, 5.41) is 62.9. The molecule has 748 valence electrons. The third-order valence-electron chi connectivity index (χ3n) is 23.1. The van der Waals surface area contributed by atoms with Crippen molar-refractivity contribution in [2.75, 3.05) is 0 Å².